The molecule has 87 heavy (non-hydrogen) atoms. The van der Waals surface area contributed by atoms with E-state index in [4.69, 9.17) is 54.2 Å². The zero-order valence-electron chi connectivity index (χ0n) is 51.7. The van der Waals surface area contributed by atoms with Crippen molar-refractivity contribution in [1.82, 2.24) is 35.9 Å². The van der Waals surface area contributed by atoms with E-state index in [0.29, 0.717) is 30.9 Å². The van der Waals surface area contributed by atoms with Crippen LogP contribution in [0.4, 0.5) is 10.5 Å². The number of aryl methyl sites for hydroxylation is 1. The van der Waals surface area contributed by atoms with Gasteiger partial charge in [0.15, 0.2) is 5.72 Å². The Bertz CT molecular complexity index is 2870. The monoisotopic (exact) mass is 1240 g/mol. The van der Waals surface area contributed by atoms with Crippen LogP contribution in [0.15, 0.2) is 66.3 Å². The van der Waals surface area contributed by atoms with Crippen molar-refractivity contribution >= 4 is 63.9 Å². The third kappa shape index (κ3) is 19.4. The maximum atomic E-state index is 14.4. The molecule has 26 heteroatoms. The zero-order valence-corrected chi connectivity index (χ0v) is 52.5. The number of nitrogens with zero attached hydrogens (tertiary/aromatic N) is 4. The number of aliphatic hydroxyl groups is 2. The van der Waals surface area contributed by atoms with E-state index in [1.165, 1.54) is 38.0 Å². The Hall–Kier alpha value is -6.23. The number of aromatic nitrogens is 1. The number of fused-ring (bicyclic) bond motifs is 6. The SMILES string of the molecule is CNN(C)Cc1cc2ccccc2n1CCC(=O)N[C@@H](CCO)C(=O)NCCOCCOCCOCCOCCC(=O)N(C)[C@@H](C)C(=O)O[C@H]1CC(=O)N(C)c2cc(cc(OC)c2Cl)C/C(C)=C/C=C/[C@@H](OC)[C@@]2(O)C[C@H](OC(=O)N2)[C@@H](C)C2O[C@]21C. The molecule has 0 spiro atoms. The number of allylic oxidation sites excluding steroid dienone is 3. The Kier molecular flexibility index (Phi) is 26.8. The number of benzene rings is 2. The van der Waals surface area contributed by atoms with Gasteiger partial charge in [-0.15, -0.1) is 0 Å². The highest BCUT2D eigenvalue weighted by Gasteiger charge is 2.64. The first-order chi connectivity index (χ1) is 41.6. The molecule has 5 amide bonds. The number of methoxy groups -OCH3 is 2. The van der Waals surface area contributed by atoms with E-state index in [1.54, 1.807) is 45.2 Å². The number of epoxide rings is 1. The largest absolute Gasteiger partial charge is 0.495 e. The molecule has 2 saturated heterocycles. The number of likely N-dealkylation sites (N-methyl/N-ethyl adjacent to an activating group) is 1. The topological polar surface area (TPSA) is 292 Å². The van der Waals surface area contributed by atoms with E-state index < -0.39 is 83.5 Å². The minimum atomic E-state index is -1.87. The lowest BCUT2D eigenvalue weighted by Crippen LogP contribution is -2.63. The number of ether oxygens (including phenoxy) is 9. The van der Waals surface area contributed by atoms with E-state index >= 15 is 0 Å². The van der Waals surface area contributed by atoms with Gasteiger partial charge in [-0.2, -0.15) is 0 Å². The van der Waals surface area contributed by atoms with Crippen LogP contribution in [-0.2, 0) is 81.4 Å². The van der Waals surface area contributed by atoms with Gasteiger partial charge in [-0.05, 0) is 75.9 Å². The van der Waals surface area contributed by atoms with Crippen molar-refractivity contribution in [2.75, 3.05) is 113 Å². The van der Waals surface area contributed by atoms with Crippen LogP contribution in [0.1, 0.15) is 71.1 Å². The third-order valence-electron chi connectivity index (χ3n) is 16.0. The molecular formula is C61H89ClN8O17. The van der Waals surface area contributed by atoms with Gasteiger partial charge in [0.2, 0.25) is 23.6 Å². The Morgan fingerprint density at radius 3 is 2.31 bits per heavy atom. The predicted molar refractivity (Wildman–Crippen MR) is 323 cm³/mol. The molecule has 25 nitrogen and oxygen atoms in total. The number of carbonyl (C=O) groups is 6. The second-order valence-electron chi connectivity index (χ2n) is 22.2. The zero-order chi connectivity index (χ0) is 63.4. The highest BCUT2D eigenvalue weighted by atomic mass is 35.5. The Morgan fingerprint density at radius 1 is 0.966 bits per heavy atom. The minimum Gasteiger partial charge on any atom is -0.495 e. The molecule has 0 aliphatic carbocycles. The molecule has 3 aliphatic rings. The maximum Gasteiger partial charge on any atom is 0.409 e. The van der Waals surface area contributed by atoms with Crippen molar-refractivity contribution in [3.8, 4) is 5.75 Å². The van der Waals surface area contributed by atoms with E-state index in [0.717, 1.165) is 27.7 Å². The van der Waals surface area contributed by atoms with Crippen LogP contribution in [-0.4, -0.2) is 217 Å². The molecule has 6 rings (SSSR count). The number of hydrogen-bond donors (Lipinski definition) is 6. The lowest BCUT2D eigenvalue weighted by molar-refractivity contribution is -0.162. The summed E-state index contributed by atoms with van der Waals surface area (Å²) in [7, 11) is 9.69. The number of rotatable bonds is 30. The first-order valence-corrected chi connectivity index (χ1v) is 29.7. The van der Waals surface area contributed by atoms with E-state index in [9.17, 15) is 39.0 Å². The minimum absolute atomic E-state index is 0.0415. The van der Waals surface area contributed by atoms with Gasteiger partial charge in [-0.25, -0.2) is 14.6 Å². The van der Waals surface area contributed by atoms with Crippen molar-refractivity contribution in [3.05, 3.63) is 82.5 Å². The van der Waals surface area contributed by atoms with Gasteiger partial charge in [0.1, 0.15) is 46.8 Å². The number of amides is 5. The average Bonchev–Trinajstić information content (AvgIpc) is 1.61. The fourth-order valence-electron chi connectivity index (χ4n) is 10.5. The summed E-state index contributed by atoms with van der Waals surface area (Å²) in [6.07, 6.45) is 0.645. The van der Waals surface area contributed by atoms with E-state index in [-0.39, 0.29) is 109 Å². The molecule has 1 aromatic heterocycles. The number of hydrazine groups is 1. The second kappa shape index (κ2) is 33.4. The Morgan fingerprint density at radius 2 is 1.64 bits per heavy atom. The maximum absolute atomic E-state index is 14.4. The van der Waals surface area contributed by atoms with Crippen LogP contribution >= 0.6 is 11.6 Å². The number of esters is 1. The fourth-order valence-corrected chi connectivity index (χ4v) is 10.9. The first-order valence-electron chi connectivity index (χ1n) is 29.4. The molecular weight excluding hydrogens is 1150 g/mol. The van der Waals surface area contributed by atoms with Crippen molar-refractivity contribution in [3.63, 3.8) is 0 Å². The molecule has 4 heterocycles. The predicted octanol–water partition coefficient (Wildman–Crippen LogP) is 3.57. The number of alkyl carbamates (subject to hydrolysis) is 1. The Balaban J connectivity index is 0.895. The highest BCUT2D eigenvalue weighted by Crippen LogP contribution is 2.49. The number of carbonyl (C=O) groups excluding carboxylic acids is 6. The summed E-state index contributed by atoms with van der Waals surface area (Å²) in [5.74, 6) is -2.65. The molecule has 3 aliphatic heterocycles. The number of halogens is 1. The molecule has 6 N–H and O–H groups in total. The second-order valence-corrected chi connectivity index (χ2v) is 22.6. The van der Waals surface area contributed by atoms with Crippen LogP contribution < -0.4 is 31.0 Å². The summed E-state index contributed by atoms with van der Waals surface area (Å²) in [5.41, 5.74) is 4.02. The molecule has 2 aromatic carbocycles. The first kappa shape index (κ1) is 69.9. The molecule has 3 aromatic rings. The van der Waals surface area contributed by atoms with Crippen LogP contribution in [0, 0.1) is 5.92 Å². The number of para-hydroxylation sites is 1. The van der Waals surface area contributed by atoms with Gasteiger partial charge in [0, 0.05) is 77.9 Å². The van der Waals surface area contributed by atoms with Gasteiger partial charge in [0.05, 0.1) is 91.1 Å². The molecule has 0 saturated carbocycles. The van der Waals surface area contributed by atoms with Crippen LogP contribution in [0.3, 0.4) is 0 Å². The summed E-state index contributed by atoms with van der Waals surface area (Å²) in [5, 5.41) is 32.7. The molecule has 2 fully saturated rings. The lowest BCUT2D eigenvalue weighted by atomic mass is 9.83. The van der Waals surface area contributed by atoms with Crippen molar-refractivity contribution in [2.45, 2.75) is 127 Å². The summed E-state index contributed by atoms with van der Waals surface area (Å²) in [4.78, 5) is 83.4. The fraction of sp³-hybridized carbons (Fsp3) is 0.607. The standard InChI is InChI=1S/C61H89ClN8O17/c1-39-14-13-17-50(80-10)61(78)37-49(85-59(77)66-61)40(2)56-60(4,87-56)51(36-54(74)69(8)47-33-42(32-39)34-48(79-9)55(47)62)86-58(76)41(3)68(7)53(73)20-24-81-26-28-83-30-31-84-29-27-82-25-21-64-57(75)45(19-23-71)65-52(72)18-22-70-44(38-67(6)63-5)35-43-15-11-12-16-46(43)70/h11-17,33-35,40-41,45,49-51,56,63,71,78H,18-32,36-38H2,1-10H3,(H,64,75)(H,65,72)(H,66,77)/b17-13+,39-14+/t40-,41+,45+,49+,50-,51+,56?,60+,61+/m1/s1. The highest BCUT2D eigenvalue weighted by molar-refractivity contribution is 6.35. The number of hydrogen-bond acceptors (Lipinski definition) is 19. The molecule has 4 bridgehead atoms. The van der Waals surface area contributed by atoms with Crippen LogP contribution in [0.25, 0.3) is 10.9 Å². The normalized spacial score (nSPS) is 24.0. The van der Waals surface area contributed by atoms with E-state index in [1.807, 2.05) is 56.4 Å². The molecule has 9 atom stereocenters. The van der Waals surface area contributed by atoms with Gasteiger partial charge in [-0.3, -0.25) is 29.9 Å². The van der Waals surface area contributed by atoms with Crippen molar-refractivity contribution in [2.24, 2.45) is 5.92 Å². The lowest BCUT2D eigenvalue weighted by Gasteiger charge is -2.42. The summed E-state index contributed by atoms with van der Waals surface area (Å²) in [6.45, 7) is 9.60. The quantitative estimate of drug-likeness (QED) is 0.0241. The number of anilines is 1. The average molecular weight is 1240 g/mol. The number of aliphatic hydroxyl groups excluding tert-OH is 1. The van der Waals surface area contributed by atoms with Crippen LogP contribution in [0.2, 0.25) is 5.02 Å². The van der Waals surface area contributed by atoms with Gasteiger partial charge >= 0.3 is 12.1 Å². The number of nitrogens with one attached hydrogen (secondary N) is 4. The molecule has 1 unspecified atom stereocenters. The Labute approximate surface area is 514 Å². The van der Waals surface area contributed by atoms with Crippen LogP contribution in [0.5, 0.6) is 5.75 Å². The van der Waals surface area contributed by atoms with Crippen molar-refractivity contribution in [1.29, 1.82) is 0 Å². The molecule has 0 radical (unpaired) electrons. The molecule has 482 valence electrons. The van der Waals surface area contributed by atoms with E-state index in [2.05, 4.69) is 32.0 Å². The van der Waals surface area contributed by atoms with Gasteiger partial charge < -0.3 is 77.8 Å². The smallest absolute Gasteiger partial charge is 0.409 e. The summed E-state index contributed by atoms with van der Waals surface area (Å²) < 4.78 is 53.9. The van der Waals surface area contributed by atoms with Gasteiger partial charge in [0.25, 0.3) is 0 Å². The van der Waals surface area contributed by atoms with Crippen molar-refractivity contribution < 1.29 is 81.6 Å². The summed E-state index contributed by atoms with van der Waals surface area (Å²) >= 11 is 6.82. The van der Waals surface area contributed by atoms with Gasteiger partial charge in [-0.1, -0.05) is 60.5 Å². The summed E-state index contributed by atoms with van der Waals surface area (Å²) in [6, 6.07) is 11.6. The third-order valence-corrected chi connectivity index (χ3v) is 16.3.